The number of carbonyl (C=O) groups is 1. The van der Waals surface area contributed by atoms with Gasteiger partial charge in [-0.15, -0.1) is 0 Å². The van der Waals surface area contributed by atoms with Gasteiger partial charge in [-0.25, -0.2) is 4.39 Å². The van der Waals surface area contributed by atoms with Crippen LogP contribution in [0.15, 0.2) is 53.8 Å². The lowest BCUT2D eigenvalue weighted by Crippen LogP contribution is -2.27. The molecule has 100 valence electrons. The first kappa shape index (κ1) is 13.5. The second-order valence-electron chi connectivity index (χ2n) is 4.24. The second kappa shape index (κ2) is 5.36. The lowest BCUT2D eigenvalue weighted by molar-refractivity contribution is -0.0861. The van der Waals surface area contributed by atoms with Crippen LogP contribution in [0.4, 0.5) is 4.39 Å². The third-order valence-corrected chi connectivity index (χ3v) is 3.07. The second-order valence-corrected chi connectivity index (χ2v) is 4.24. The van der Waals surface area contributed by atoms with Crippen molar-refractivity contribution in [2.45, 2.75) is 12.3 Å². The minimum absolute atomic E-state index is 0.107. The van der Waals surface area contributed by atoms with Gasteiger partial charge in [-0.3, -0.25) is 4.79 Å². The standard InChI is InChI=1S/C15H15FO3/c1-18-13-10-15(16,19-2)9-8-12(13)14(17)11-6-4-3-5-7-11/h3-9H,10H2,1-2H3. The monoisotopic (exact) mass is 262 g/mol. The Labute approximate surface area is 111 Å². The molecule has 1 aromatic rings. The Morgan fingerprint density at radius 1 is 1.26 bits per heavy atom. The van der Waals surface area contributed by atoms with Crippen molar-refractivity contribution in [1.29, 1.82) is 0 Å². The number of alkyl halides is 1. The van der Waals surface area contributed by atoms with E-state index in [-0.39, 0.29) is 12.2 Å². The maximum atomic E-state index is 14.0. The van der Waals surface area contributed by atoms with Crippen LogP contribution in [0.25, 0.3) is 0 Å². The molecule has 2 rings (SSSR count). The Balaban J connectivity index is 2.34. The maximum absolute atomic E-state index is 14.0. The summed E-state index contributed by atoms with van der Waals surface area (Å²) in [5.41, 5.74) is 0.902. The number of benzene rings is 1. The van der Waals surface area contributed by atoms with E-state index in [0.717, 1.165) is 0 Å². The first-order valence-electron chi connectivity index (χ1n) is 5.90. The summed E-state index contributed by atoms with van der Waals surface area (Å²) in [6.45, 7) is 0. The van der Waals surface area contributed by atoms with Gasteiger partial charge in [0, 0.05) is 12.7 Å². The van der Waals surface area contributed by atoms with E-state index in [1.54, 1.807) is 24.3 Å². The summed E-state index contributed by atoms with van der Waals surface area (Å²) >= 11 is 0. The van der Waals surface area contributed by atoms with Gasteiger partial charge in [-0.2, -0.15) is 0 Å². The lowest BCUT2D eigenvalue weighted by Gasteiger charge is -2.25. The van der Waals surface area contributed by atoms with Gasteiger partial charge in [0.05, 0.1) is 19.1 Å². The third kappa shape index (κ3) is 2.74. The number of rotatable bonds is 4. The Morgan fingerprint density at radius 3 is 2.53 bits per heavy atom. The molecule has 4 heteroatoms. The number of methoxy groups -OCH3 is 2. The number of allylic oxidation sites excluding steroid dienone is 2. The summed E-state index contributed by atoms with van der Waals surface area (Å²) in [6, 6.07) is 8.81. The molecule has 19 heavy (non-hydrogen) atoms. The molecule has 0 radical (unpaired) electrons. The highest BCUT2D eigenvalue weighted by Crippen LogP contribution is 2.32. The van der Waals surface area contributed by atoms with Crippen LogP contribution < -0.4 is 0 Å². The summed E-state index contributed by atoms with van der Waals surface area (Å²) in [4.78, 5) is 12.3. The van der Waals surface area contributed by atoms with Gasteiger partial charge in [0.2, 0.25) is 5.85 Å². The van der Waals surface area contributed by atoms with Crippen molar-refractivity contribution >= 4 is 5.78 Å². The van der Waals surface area contributed by atoms with E-state index in [1.807, 2.05) is 6.07 Å². The van der Waals surface area contributed by atoms with Crippen molar-refractivity contribution in [3.8, 4) is 0 Å². The molecule has 1 atom stereocenters. The number of ketones is 1. The Morgan fingerprint density at radius 2 is 1.95 bits per heavy atom. The van der Waals surface area contributed by atoms with Crippen LogP contribution in [-0.2, 0) is 9.47 Å². The van der Waals surface area contributed by atoms with Gasteiger partial charge in [0.15, 0.2) is 5.78 Å². The molecule has 0 saturated heterocycles. The Kier molecular flexibility index (Phi) is 3.81. The first-order chi connectivity index (χ1) is 9.09. The summed E-state index contributed by atoms with van der Waals surface area (Å²) in [7, 11) is 2.70. The number of carbonyl (C=O) groups excluding carboxylic acids is 1. The van der Waals surface area contributed by atoms with Crippen molar-refractivity contribution in [1.82, 2.24) is 0 Å². The summed E-state index contributed by atoms with van der Waals surface area (Å²) < 4.78 is 23.9. The number of hydrogen-bond donors (Lipinski definition) is 0. The fourth-order valence-electron chi connectivity index (χ4n) is 1.94. The van der Waals surface area contributed by atoms with Crippen molar-refractivity contribution in [3.05, 3.63) is 59.4 Å². The molecule has 0 saturated carbocycles. The largest absolute Gasteiger partial charge is 0.500 e. The molecule has 0 aliphatic heterocycles. The van der Waals surface area contributed by atoms with Crippen LogP contribution in [-0.4, -0.2) is 25.9 Å². The normalized spacial score (nSPS) is 22.5. The zero-order valence-corrected chi connectivity index (χ0v) is 10.9. The van der Waals surface area contributed by atoms with Crippen molar-refractivity contribution in [3.63, 3.8) is 0 Å². The zero-order chi connectivity index (χ0) is 13.9. The molecule has 0 aromatic heterocycles. The van der Waals surface area contributed by atoms with Gasteiger partial charge in [-0.05, 0) is 12.2 Å². The average Bonchev–Trinajstić information content (AvgIpc) is 2.47. The molecule has 0 bridgehead atoms. The SMILES string of the molecule is COC1=C(C(=O)c2ccccc2)C=CC(F)(OC)C1. The fourth-order valence-corrected chi connectivity index (χ4v) is 1.94. The maximum Gasteiger partial charge on any atom is 0.235 e. The predicted octanol–water partition coefficient (Wildman–Crippen LogP) is 3.04. The van der Waals surface area contributed by atoms with Crippen molar-refractivity contribution < 1.29 is 18.7 Å². The summed E-state index contributed by atoms with van der Waals surface area (Å²) in [6.07, 6.45) is 2.55. The van der Waals surface area contributed by atoms with E-state index < -0.39 is 5.85 Å². The van der Waals surface area contributed by atoms with E-state index in [9.17, 15) is 9.18 Å². The Bertz CT molecular complexity index is 534. The molecule has 0 fully saturated rings. The minimum atomic E-state index is -1.91. The van der Waals surface area contributed by atoms with E-state index in [4.69, 9.17) is 9.47 Å². The number of Topliss-reactive ketones (excluding diaryl/α,β-unsaturated/α-hetero) is 1. The summed E-state index contributed by atoms with van der Waals surface area (Å²) in [5, 5.41) is 0. The quantitative estimate of drug-likeness (QED) is 0.782. The van der Waals surface area contributed by atoms with Gasteiger partial charge < -0.3 is 9.47 Å². The number of ether oxygens (including phenoxy) is 2. The van der Waals surface area contributed by atoms with E-state index in [2.05, 4.69) is 0 Å². The van der Waals surface area contributed by atoms with Crippen LogP contribution in [0.2, 0.25) is 0 Å². The highest BCUT2D eigenvalue weighted by atomic mass is 19.2. The molecule has 0 N–H and O–H groups in total. The van der Waals surface area contributed by atoms with Gasteiger partial charge in [0.25, 0.3) is 0 Å². The predicted molar refractivity (Wildman–Crippen MR) is 69.4 cm³/mol. The topological polar surface area (TPSA) is 35.5 Å². The van der Waals surface area contributed by atoms with Crippen LogP contribution in [0.3, 0.4) is 0 Å². The smallest absolute Gasteiger partial charge is 0.235 e. The molecular formula is C15H15FO3. The van der Waals surface area contributed by atoms with E-state index in [0.29, 0.717) is 16.9 Å². The van der Waals surface area contributed by atoms with Gasteiger partial charge >= 0.3 is 0 Å². The Hall–Kier alpha value is -1.94. The minimum Gasteiger partial charge on any atom is -0.500 e. The molecule has 1 aliphatic carbocycles. The highest BCUT2D eigenvalue weighted by Gasteiger charge is 2.34. The molecule has 1 aromatic carbocycles. The van der Waals surface area contributed by atoms with Gasteiger partial charge in [-0.1, -0.05) is 30.3 Å². The van der Waals surface area contributed by atoms with Crippen LogP contribution >= 0.6 is 0 Å². The molecule has 0 amide bonds. The van der Waals surface area contributed by atoms with Crippen LogP contribution in [0.1, 0.15) is 16.8 Å². The average molecular weight is 262 g/mol. The third-order valence-electron chi connectivity index (χ3n) is 3.07. The molecule has 1 unspecified atom stereocenters. The highest BCUT2D eigenvalue weighted by molar-refractivity contribution is 6.11. The number of hydrogen-bond acceptors (Lipinski definition) is 3. The fraction of sp³-hybridized carbons (Fsp3) is 0.267. The van der Waals surface area contributed by atoms with Crippen molar-refractivity contribution in [2.24, 2.45) is 0 Å². The van der Waals surface area contributed by atoms with E-state index >= 15 is 0 Å². The number of halogens is 1. The van der Waals surface area contributed by atoms with Crippen LogP contribution in [0.5, 0.6) is 0 Å². The molecule has 0 heterocycles. The molecular weight excluding hydrogens is 247 g/mol. The lowest BCUT2D eigenvalue weighted by atomic mass is 9.94. The van der Waals surface area contributed by atoms with E-state index in [1.165, 1.54) is 26.4 Å². The van der Waals surface area contributed by atoms with Crippen LogP contribution in [0, 0.1) is 0 Å². The molecule has 1 aliphatic rings. The first-order valence-corrected chi connectivity index (χ1v) is 5.90. The molecule has 3 nitrogen and oxygen atoms in total. The summed E-state index contributed by atoms with van der Waals surface area (Å²) in [5.74, 6) is -1.81. The van der Waals surface area contributed by atoms with Crippen molar-refractivity contribution in [2.75, 3.05) is 14.2 Å². The molecule has 0 spiro atoms. The van der Waals surface area contributed by atoms with Gasteiger partial charge in [0.1, 0.15) is 5.76 Å². The zero-order valence-electron chi connectivity index (χ0n) is 10.9.